The average molecular weight is 268 g/mol. The summed E-state index contributed by atoms with van der Waals surface area (Å²) in [6, 6.07) is 17.4. The van der Waals surface area contributed by atoms with Gasteiger partial charge in [-0.15, -0.1) is 0 Å². The summed E-state index contributed by atoms with van der Waals surface area (Å²) in [5.41, 5.74) is 11.3. The summed E-state index contributed by atoms with van der Waals surface area (Å²) in [6.45, 7) is 5.84. The highest BCUT2D eigenvalue weighted by atomic mass is 15.1. The first-order valence-corrected chi connectivity index (χ1v) is 7.13. The molecule has 0 amide bonds. The van der Waals surface area contributed by atoms with Gasteiger partial charge in [0.25, 0.3) is 0 Å². The maximum atomic E-state index is 6.04. The van der Waals surface area contributed by atoms with Crippen molar-refractivity contribution in [3.05, 3.63) is 70.8 Å². The van der Waals surface area contributed by atoms with Crippen LogP contribution in [0.5, 0.6) is 0 Å². The summed E-state index contributed by atoms with van der Waals surface area (Å²) in [5.74, 6) is 0. The smallest absolute Gasteiger partial charge is 0.0473 e. The molecule has 0 aromatic heterocycles. The molecule has 0 saturated carbocycles. The van der Waals surface area contributed by atoms with Crippen molar-refractivity contribution in [3.8, 4) is 0 Å². The average Bonchev–Trinajstić information content (AvgIpc) is 2.44. The van der Waals surface area contributed by atoms with Gasteiger partial charge in [-0.2, -0.15) is 0 Å². The zero-order valence-electron chi connectivity index (χ0n) is 12.6. The normalized spacial score (nSPS) is 12.7. The van der Waals surface area contributed by atoms with Crippen LogP contribution in [0.4, 0.5) is 0 Å². The van der Waals surface area contributed by atoms with Crippen LogP contribution in [0.15, 0.2) is 48.5 Å². The third kappa shape index (κ3) is 3.47. The van der Waals surface area contributed by atoms with Crippen molar-refractivity contribution in [1.29, 1.82) is 0 Å². The van der Waals surface area contributed by atoms with E-state index < -0.39 is 0 Å². The first kappa shape index (κ1) is 14.8. The highest BCUT2D eigenvalue weighted by molar-refractivity contribution is 5.33. The van der Waals surface area contributed by atoms with Gasteiger partial charge < -0.3 is 5.73 Å². The number of nitrogens with two attached hydrogens (primary N) is 1. The predicted octanol–water partition coefficient (Wildman–Crippen LogP) is 3.44. The lowest BCUT2D eigenvalue weighted by atomic mass is 9.97. The number of hydrogen-bond acceptors (Lipinski definition) is 2. The van der Waals surface area contributed by atoms with Crippen LogP contribution in [-0.4, -0.2) is 18.5 Å². The molecule has 1 unspecified atom stereocenters. The molecule has 2 N–H and O–H groups in total. The van der Waals surface area contributed by atoms with E-state index in [9.17, 15) is 0 Å². The SMILES string of the molecule is Cc1ccc(C)c(C(CN)N(C)Cc2ccccc2)c1. The molecule has 0 radical (unpaired) electrons. The molecule has 2 nitrogen and oxygen atoms in total. The van der Waals surface area contributed by atoms with Gasteiger partial charge in [0.05, 0.1) is 0 Å². The van der Waals surface area contributed by atoms with Crippen LogP contribution < -0.4 is 5.73 Å². The fourth-order valence-electron chi connectivity index (χ4n) is 2.64. The van der Waals surface area contributed by atoms with E-state index in [2.05, 4.69) is 74.3 Å². The molecular weight excluding hydrogens is 244 g/mol. The molecule has 0 fully saturated rings. The van der Waals surface area contributed by atoms with Gasteiger partial charge >= 0.3 is 0 Å². The second-order valence-electron chi connectivity index (χ2n) is 5.51. The summed E-state index contributed by atoms with van der Waals surface area (Å²) in [4.78, 5) is 2.33. The Kier molecular flexibility index (Phi) is 4.94. The van der Waals surface area contributed by atoms with E-state index >= 15 is 0 Å². The van der Waals surface area contributed by atoms with Crippen molar-refractivity contribution in [2.45, 2.75) is 26.4 Å². The van der Waals surface area contributed by atoms with Gasteiger partial charge in [-0.1, -0.05) is 54.1 Å². The maximum Gasteiger partial charge on any atom is 0.0473 e. The van der Waals surface area contributed by atoms with Crippen LogP contribution in [0.25, 0.3) is 0 Å². The molecular formula is C18H24N2. The summed E-state index contributed by atoms with van der Waals surface area (Å²) in [7, 11) is 2.15. The van der Waals surface area contributed by atoms with Crippen molar-refractivity contribution in [3.63, 3.8) is 0 Å². The Morgan fingerprint density at radius 2 is 1.75 bits per heavy atom. The second kappa shape index (κ2) is 6.69. The third-order valence-corrected chi connectivity index (χ3v) is 3.82. The van der Waals surface area contributed by atoms with Crippen LogP contribution in [0, 0.1) is 13.8 Å². The van der Waals surface area contributed by atoms with E-state index in [0.717, 1.165) is 6.54 Å². The topological polar surface area (TPSA) is 29.3 Å². The Balaban J connectivity index is 2.21. The molecule has 2 heteroatoms. The molecule has 106 valence electrons. The van der Waals surface area contributed by atoms with Crippen LogP contribution >= 0.6 is 0 Å². The monoisotopic (exact) mass is 268 g/mol. The van der Waals surface area contributed by atoms with Crippen LogP contribution in [0.2, 0.25) is 0 Å². The van der Waals surface area contributed by atoms with Gasteiger partial charge in [0.1, 0.15) is 0 Å². The van der Waals surface area contributed by atoms with Gasteiger partial charge in [0, 0.05) is 19.1 Å². The van der Waals surface area contributed by atoms with Crippen LogP contribution in [-0.2, 0) is 6.54 Å². The minimum absolute atomic E-state index is 0.259. The van der Waals surface area contributed by atoms with E-state index in [-0.39, 0.29) is 6.04 Å². The molecule has 2 rings (SSSR count). The standard InChI is InChI=1S/C18H24N2/c1-14-9-10-15(2)17(11-14)18(12-19)20(3)13-16-7-5-4-6-8-16/h4-11,18H,12-13,19H2,1-3H3. The molecule has 2 aromatic rings. The Morgan fingerprint density at radius 3 is 2.40 bits per heavy atom. The molecule has 0 aliphatic carbocycles. The number of benzene rings is 2. The van der Waals surface area contributed by atoms with Crippen LogP contribution in [0.1, 0.15) is 28.3 Å². The molecule has 0 aliphatic heterocycles. The summed E-state index contributed by atoms with van der Waals surface area (Å²) in [6.07, 6.45) is 0. The summed E-state index contributed by atoms with van der Waals surface area (Å²) >= 11 is 0. The molecule has 20 heavy (non-hydrogen) atoms. The minimum atomic E-state index is 0.259. The molecule has 0 spiro atoms. The Hall–Kier alpha value is -1.64. The lowest BCUT2D eigenvalue weighted by Gasteiger charge is -2.29. The number of likely N-dealkylation sites (N-methyl/N-ethyl adjacent to an activating group) is 1. The lowest BCUT2D eigenvalue weighted by molar-refractivity contribution is 0.241. The number of nitrogens with zero attached hydrogens (tertiary/aromatic N) is 1. The highest BCUT2D eigenvalue weighted by Crippen LogP contribution is 2.24. The number of aryl methyl sites for hydroxylation is 2. The summed E-state index contributed by atoms with van der Waals surface area (Å²) in [5, 5.41) is 0. The van der Waals surface area contributed by atoms with Gasteiger partial charge in [-0.3, -0.25) is 4.90 Å². The van der Waals surface area contributed by atoms with Crippen molar-refractivity contribution in [2.24, 2.45) is 5.73 Å². The first-order chi connectivity index (χ1) is 9.61. The lowest BCUT2D eigenvalue weighted by Crippen LogP contribution is -2.30. The Morgan fingerprint density at radius 1 is 1.05 bits per heavy atom. The van der Waals surface area contributed by atoms with E-state index in [1.807, 2.05) is 0 Å². The Bertz CT molecular complexity index is 549. The van der Waals surface area contributed by atoms with Gasteiger partial charge in [-0.25, -0.2) is 0 Å². The van der Waals surface area contributed by atoms with Crippen molar-refractivity contribution in [1.82, 2.24) is 4.90 Å². The zero-order valence-corrected chi connectivity index (χ0v) is 12.6. The first-order valence-electron chi connectivity index (χ1n) is 7.13. The largest absolute Gasteiger partial charge is 0.329 e. The fraction of sp³-hybridized carbons (Fsp3) is 0.333. The molecule has 0 heterocycles. The molecule has 0 saturated heterocycles. The maximum absolute atomic E-state index is 6.04. The number of rotatable bonds is 5. The Labute approximate surface area is 122 Å². The third-order valence-electron chi connectivity index (χ3n) is 3.82. The van der Waals surface area contributed by atoms with Crippen molar-refractivity contribution >= 4 is 0 Å². The van der Waals surface area contributed by atoms with E-state index in [1.54, 1.807) is 0 Å². The zero-order chi connectivity index (χ0) is 14.5. The van der Waals surface area contributed by atoms with E-state index in [0.29, 0.717) is 6.54 Å². The second-order valence-corrected chi connectivity index (χ2v) is 5.51. The quantitative estimate of drug-likeness (QED) is 0.900. The van der Waals surface area contributed by atoms with Crippen molar-refractivity contribution < 1.29 is 0 Å². The van der Waals surface area contributed by atoms with Gasteiger partial charge in [0.15, 0.2) is 0 Å². The minimum Gasteiger partial charge on any atom is -0.329 e. The van der Waals surface area contributed by atoms with Gasteiger partial charge in [-0.05, 0) is 37.6 Å². The predicted molar refractivity (Wildman–Crippen MR) is 85.6 cm³/mol. The van der Waals surface area contributed by atoms with Crippen molar-refractivity contribution in [2.75, 3.05) is 13.6 Å². The van der Waals surface area contributed by atoms with Crippen LogP contribution in [0.3, 0.4) is 0 Å². The fourth-order valence-corrected chi connectivity index (χ4v) is 2.64. The highest BCUT2D eigenvalue weighted by Gasteiger charge is 2.17. The van der Waals surface area contributed by atoms with E-state index in [1.165, 1.54) is 22.3 Å². The van der Waals surface area contributed by atoms with Gasteiger partial charge in [0.2, 0.25) is 0 Å². The molecule has 1 atom stereocenters. The summed E-state index contributed by atoms with van der Waals surface area (Å²) < 4.78 is 0. The molecule has 0 aliphatic rings. The molecule has 2 aromatic carbocycles. The molecule has 0 bridgehead atoms. The van der Waals surface area contributed by atoms with E-state index in [4.69, 9.17) is 5.73 Å². The number of hydrogen-bond donors (Lipinski definition) is 1.